The Morgan fingerprint density at radius 2 is 1.88 bits per heavy atom. The highest BCUT2D eigenvalue weighted by Gasteiger charge is 2.35. The predicted octanol–water partition coefficient (Wildman–Crippen LogP) is 3.94. The number of carbonyl (C=O) groups excluding carboxylic acids is 2. The second kappa shape index (κ2) is 8.57. The zero-order valence-corrected chi connectivity index (χ0v) is 16.3. The largest absolute Gasteiger partial charge is 0.445 e. The Morgan fingerprint density at radius 3 is 2.60 bits per heavy atom. The van der Waals surface area contributed by atoms with E-state index in [1.165, 1.54) is 4.90 Å². The molecule has 130 valence electrons. The highest BCUT2D eigenvalue weighted by molar-refractivity contribution is 14.1. The minimum atomic E-state index is -0.521. The van der Waals surface area contributed by atoms with Gasteiger partial charge in [-0.05, 0) is 52.4 Å². The molecule has 1 unspecified atom stereocenters. The topological polar surface area (TPSA) is 58.6 Å². The molecule has 7 heteroatoms. The van der Waals surface area contributed by atoms with E-state index in [2.05, 4.69) is 27.9 Å². The molecule has 5 nitrogen and oxygen atoms in total. The van der Waals surface area contributed by atoms with Gasteiger partial charge in [0.05, 0.1) is 5.88 Å². The van der Waals surface area contributed by atoms with Crippen molar-refractivity contribution in [3.8, 4) is 0 Å². The van der Waals surface area contributed by atoms with E-state index in [4.69, 9.17) is 4.74 Å². The first-order valence-electron chi connectivity index (χ1n) is 7.75. The van der Waals surface area contributed by atoms with E-state index in [9.17, 15) is 9.59 Å². The molecule has 2 amide bonds. The third kappa shape index (κ3) is 4.88. The molecule has 2 aromatic carbocycles. The first-order chi connectivity index (χ1) is 12.1. The van der Waals surface area contributed by atoms with Crippen molar-refractivity contribution in [3.05, 3.63) is 63.7 Å². The third-order valence-electron chi connectivity index (χ3n) is 3.74. The quantitative estimate of drug-likeness (QED) is 0.691. The summed E-state index contributed by atoms with van der Waals surface area (Å²) in [6.45, 7) is 0.201. The Hall–Kier alpha value is -1.74. The molecule has 1 heterocycles. The lowest BCUT2D eigenvalue weighted by Gasteiger charge is -2.22. The second-order valence-corrected chi connectivity index (χ2v) is 7.77. The molecule has 0 radical (unpaired) electrons. The van der Waals surface area contributed by atoms with Crippen LogP contribution in [-0.4, -0.2) is 34.6 Å². The fraction of sp³-hybridized carbons (Fsp3) is 0.222. The van der Waals surface area contributed by atoms with Crippen LogP contribution in [0.15, 0.2) is 54.6 Å². The average molecular weight is 468 g/mol. The van der Waals surface area contributed by atoms with Crippen LogP contribution in [0.1, 0.15) is 5.56 Å². The van der Waals surface area contributed by atoms with E-state index < -0.39 is 12.1 Å². The van der Waals surface area contributed by atoms with Gasteiger partial charge in [-0.3, -0.25) is 9.69 Å². The number of hydrogen-bond acceptors (Lipinski definition) is 4. The number of halogens is 1. The van der Waals surface area contributed by atoms with Crippen molar-refractivity contribution in [2.45, 2.75) is 12.6 Å². The minimum Gasteiger partial charge on any atom is -0.445 e. The number of nitrogens with zero attached hydrogens (tertiary/aromatic N) is 1. The van der Waals surface area contributed by atoms with Gasteiger partial charge >= 0.3 is 6.09 Å². The van der Waals surface area contributed by atoms with Crippen molar-refractivity contribution in [2.24, 2.45) is 0 Å². The van der Waals surface area contributed by atoms with Crippen LogP contribution in [0.2, 0.25) is 0 Å². The molecule has 0 bridgehead atoms. The van der Waals surface area contributed by atoms with Crippen LogP contribution in [-0.2, 0) is 16.1 Å². The summed E-state index contributed by atoms with van der Waals surface area (Å²) in [5, 5.41) is 2.86. The smallest absolute Gasteiger partial charge is 0.411 e. The predicted molar refractivity (Wildman–Crippen MR) is 107 cm³/mol. The van der Waals surface area contributed by atoms with Gasteiger partial charge in [-0.1, -0.05) is 30.3 Å². The minimum absolute atomic E-state index is 0.192. The number of thioether (sulfide) groups is 1. The van der Waals surface area contributed by atoms with Crippen LogP contribution in [0.4, 0.5) is 10.5 Å². The zero-order valence-electron chi connectivity index (χ0n) is 13.4. The molecule has 25 heavy (non-hydrogen) atoms. The highest BCUT2D eigenvalue weighted by atomic mass is 127. The lowest BCUT2D eigenvalue weighted by atomic mass is 10.2. The number of anilines is 1. The fourth-order valence-corrected chi connectivity index (χ4v) is 3.90. The van der Waals surface area contributed by atoms with Crippen molar-refractivity contribution >= 4 is 52.0 Å². The fourth-order valence-electron chi connectivity index (χ4n) is 2.40. The number of amides is 2. The van der Waals surface area contributed by atoms with E-state index in [1.807, 2.05) is 54.6 Å². The van der Waals surface area contributed by atoms with Gasteiger partial charge in [0.25, 0.3) is 0 Å². The molecule has 1 N–H and O–H groups in total. The molecule has 0 aromatic heterocycles. The molecule has 3 rings (SSSR count). The second-order valence-electron chi connectivity index (χ2n) is 5.52. The Kier molecular flexibility index (Phi) is 6.19. The van der Waals surface area contributed by atoms with E-state index in [1.54, 1.807) is 11.8 Å². The van der Waals surface area contributed by atoms with E-state index >= 15 is 0 Å². The lowest BCUT2D eigenvalue weighted by Crippen LogP contribution is -2.44. The number of benzene rings is 2. The van der Waals surface area contributed by atoms with Gasteiger partial charge < -0.3 is 10.1 Å². The van der Waals surface area contributed by atoms with Crippen molar-refractivity contribution in [2.75, 3.05) is 16.9 Å². The van der Waals surface area contributed by atoms with Crippen molar-refractivity contribution in [3.63, 3.8) is 0 Å². The van der Waals surface area contributed by atoms with Crippen molar-refractivity contribution in [1.29, 1.82) is 0 Å². The summed E-state index contributed by atoms with van der Waals surface area (Å²) in [7, 11) is 0. The van der Waals surface area contributed by atoms with Crippen LogP contribution >= 0.6 is 34.4 Å². The maximum absolute atomic E-state index is 12.5. The summed E-state index contributed by atoms with van der Waals surface area (Å²) in [6, 6.07) is 16.5. The number of nitrogens with one attached hydrogen (secondary N) is 1. The lowest BCUT2D eigenvalue weighted by molar-refractivity contribution is -0.119. The summed E-state index contributed by atoms with van der Waals surface area (Å²) in [6.07, 6.45) is -0.461. The van der Waals surface area contributed by atoms with Crippen molar-refractivity contribution < 1.29 is 14.3 Å². The molecule has 1 atom stereocenters. The Balaban J connectivity index is 1.58. The Labute approximate surface area is 164 Å². The maximum Gasteiger partial charge on any atom is 0.411 e. The van der Waals surface area contributed by atoms with Crippen LogP contribution in [0.5, 0.6) is 0 Å². The molecule has 1 fully saturated rings. The summed E-state index contributed by atoms with van der Waals surface area (Å²) >= 11 is 3.75. The summed E-state index contributed by atoms with van der Waals surface area (Å²) < 4.78 is 6.45. The van der Waals surface area contributed by atoms with Gasteiger partial charge in [0, 0.05) is 15.0 Å². The molecule has 1 aliphatic rings. The van der Waals surface area contributed by atoms with E-state index in [0.29, 0.717) is 11.6 Å². The monoisotopic (exact) mass is 468 g/mol. The third-order valence-corrected chi connectivity index (χ3v) is 5.47. The summed E-state index contributed by atoms with van der Waals surface area (Å²) in [4.78, 5) is 26.3. The molecule has 1 aliphatic heterocycles. The van der Waals surface area contributed by atoms with Gasteiger partial charge in [0.1, 0.15) is 12.6 Å². The molecular weight excluding hydrogens is 451 g/mol. The summed E-state index contributed by atoms with van der Waals surface area (Å²) in [5.41, 5.74) is 1.64. The van der Waals surface area contributed by atoms with Crippen LogP contribution < -0.4 is 5.32 Å². The number of hydrogen-bond donors (Lipinski definition) is 1. The van der Waals surface area contributed by atoms with Gasteiger partial charge in [-0.15, -0.1) is 11.8 Å². The number of ether oxygens (including phenoxy) is 1. The zero-order chi connectivity index (χ0) is 17.6. The first-order valence-corrected chi connectivity index (χ1v) is 9.98. The van der Waals surface area contributed by atoms with Gasteiger partial charge in [0.2, 0.25) is 5.91 Å². The van der Waals surface area contributed by atoms with E-state index in [0.717, 1.165) is 14.8 Å². The maximum atomic E-state index is 12.5. The van der Waals surface area contributed by atoms with Crippen LogP contribution in [0.3, 0.4) is 0 Å². The van der Waals surface area contributed by atoms with E-state index in [-0.39, 0.29) is 12.5 Å². The normalized spacial score (nSPS) is 16.5. The van der Waals surface area contributed by atoms with Gasteiger partial charge in [0.15, 0.2) is 0 Å². The van der Waals surface area contributed by atoms with Crippen LogP contribution in [0.25, 0.3) is 0 Å². The Bertz CT molecular complexity index is 740. The summed E-state index contributed by atoms with van der Waals surface area (Å²) in [5.74, 6) is 0.831. The molecule has 2 aromatic rings. The van der Waals surface area contributed by atoms with Gasteiger partial charge in [-0.2, -0.15) is 0 Å². The number of rotatable bonds is 4. The van der Waals surface area contributed by atoms with Gasteiger partial charge in [-0.25, -0.2) is 4.79 Å². The van der Waals surface area contributed by atoms with Crippen molar-refractivity contribution in [1.82, 2.24) is 4.90 Å². The molecule has 0 saturated carbocycles. The molecule has 0 spiro atoms. The number of carbonyl (C=O) groups is 2. The Morgan fingerprint density at radius 1 is 1.16 bits per heavy atom. The molecule has 0 aliphatic carbocycles. The molecule has 1 saturated heterocycles. The van der Waals surface area contributed by atoms with Crippen LogP contribution in [0, 0.1) is 3.57 Å². The SMILES string of the molecule is O=C(Nc1ccc(I)cc1)C1CSCN1C(=O)OCc1ccccc1. The highest BCUT2D eigenvalue weighted by Crippen LogP contribution is 2.23. The first kappa shape index (κ1) is 18.1. The standard InChI is InChI=1S/C18H17IN2O3S/c19-14-6-8-15(9-7-14)20-17(22)16-11-25-12-21(16)18(23)24-10-13-4-2-1-3-5-13/h1-9,16H,10-12H2,(H,20,22). The molecular formula is C18H17IN2O3S. The average Bonchev–Trinajstić information content (AvgIpc) is 3.12.